The summed E-state index contributed by atoms with van der Waals surface area (Å²) < 4.78 is 47.8. The Morgan fingerprint density at radius 2 is 1.43 bits per heavy atom. The molecule has 2 saturated heterocycles. The Balaban J connectivity index is 1.19. The van der Waals surface area contributed by atoms with E-state index in [1.54, 1.807) is 47.4 Å². The van der Waals surface area contributed by atoms with Gasteiger partial charge >= 0.3 is 6.09 Å². The van der Waals surface area contributed by atoms with Crippen LogP contribution in [0.2, 0.25) is 5.02 Å². The molecule has 6 rings (SSSR count). The van der Waals surface area contributed by atoms with Crippen LogP contribution in [0.1, 0.15) is 72.1 Å². The van der Waals surface area contributed by atoms with E-state index in [4.69, 9.17) is 25.8 Å². The van der Waals surface area contributed by atoms with Gasteiger partial charge in [-0.1, -0.05) is 23.7 Å². The zero-order valence-corrected chi connectivity index (χ0v) is 30.0. The van der Waals surface area contributed by atoms with Gasteiger partial charge in [0.1, 0.15) is 29.2 Å². The topological polar surface area (TPSA) is 114 Å². The van der Waals surface area contributed by atoms with Gasteiger partial charge in [-0.25, -0.2) is 13.2 Å². The van der Waals surface area contributed by atoms with Crippen molar-refractivity contribution in [1.82, 2.24) is 14.5 Å². The third kappa shape index (κ3) is 8.80. The molecule has 264 valence electrons. The monoisotopic (exact) mass is 711 g/mol. The van der Waals surface area contributed by atoms with Crippen molar-refractivity contribution in [2.75, 3.05) is 19.6 Å². The molecule has 3 aromatic rings. The largest absolute Gasteiger partial charge is 0.490 e. The van der Waals surface area contributed by atoms with Crippen LogP contribution >= 0.6 is 11.6 Å². The number of fused-ring (bicyclic) bond motifs is 1. The van der Waals surface area contributed by atoms with Crippen molar-refractivity contribution < 1.29 is 32.2 Å². The van der Waals surface area contributed by atoms with Crippen LogP contribution in [0.15, 0.2) is 65.6 Å². The number of ether oxygens (including phenoxy) is 3. The lowest BCUT2D eigenvalue weighted by atomic mass is 9.98. The van der Waals surface area contributed by atoms with Gasteiger partial charge in [0.05, 0.1) is 11.0 Å². The summed E-state index contributed by atoms with van der Waals surface area (Å²) >= 11 is 6.06. The summed E-state index contributed by atoms with van der Waals surface area (Å²) in [4.78, 5) is 28.4. The van der Waals surface area contributed by atoms with Gasteiger partial charge in [0, 0.05) is 37.1 Å². The summed E-state index contributed by atoms with van der Waals surface area (Å²) in [5.41, 5.74) is -0.612. The number of rotatable bonds is 8. The highest BCUT2D eigenvalue weighted by atomic mass is 35.5. The lowest BCUT2D eigenvalue weighted by molar-refractivity contribution is -0.138. The molecule has 10 nitrogen and oxygen atoms in total. The first-order valence-corrected chi connectivity index (χ1v) is 19.1. The van der Waals surface area contributed by atoms with Gasteiger partial charge in [-0.05, 0) is 125 Å². The summed E-state index contributed by atoms with van der Waals surface area (Å²) in [6, 6.07) is 16.7. The Hall–Kier alpha value is -3.54. The molecule has 2 heterocycles. The first kappa shape index (κ1) is 35.3. The SMILES string of the molecule is CC(C)(C)OC(=O)NC1CCN(C(=O)[C@@H]2C[C@@H](Oc3ccc(Cl)cc3)CCN2S(=O)(=O)c2ccc3cc(OC4CCCC4)ccc3c2)CC1. The van der Waals surface area contributed by atoms with E-state index in [1.165, 1.54) is 17.1 Å². The number of benzene rings is 3. The second kappa shape index (κ2) is 14.7. The minimum absolute atomic E-state index is 0.125. The first-order valence-electron chi connectivity index (χ1n) is 17.3. The number of hydrogen-bond donors (Lipinski definition) is 1. The molecule has 2 amide bonds. The van der Waals surface area contributed by atoms with Crippen molar-refractivity contribution >= 4 is 44.4 Å². The molecule has 3 aromatic carbocycles. The van der Waals surface area contributed by atoms with Crippen molar-refractivity contribution in [2.45, 2.75) is 107 Å². The quantitative estimate of drug-likeness (QED) is 0.270. The van der Waals surface area contributed by atoms with Crippen molar-refractivity contribution in [3.63, 3.8) is 0 Å². The van der Waals surface area contributed by atoms with Gasteiger partial charge in [-0.2, -0.15) is 4.31 Å². The highest BCUT2D eigenvalue weighted by Gasteiger charge is 2.43. The van der Waals surface area contributed by atoms with E-state index in [0.29, 0.717) is 43.1 Å². The fourth-order valence-corrected chi connectivity index (χ4v) is 8.70. The second-order valence-electron chi connectivity index (χ2n) is 14.3. The predicted molar refractivity (Wildman–Crippen MR) is 189 cm³/mol. The van der Waals surface area contributed by atoms with Crippen molar-refractivity contribution in [2.24, 2.45) is 0 Å². The molecule has 12 heteroatoms. The van der Waals surface area contributed by atoms with Gasteiger partial charge < -0.3 is 24.4 Å². The number of carbonyl (C=O) groups is 2. The van der Waals surface area contributed by atoms with E-state index in [-0.39, 0.29) is 42.0 Å². The average molecular weight is 712 g/mol. The minimum Gasteiger partial charge on any atom is -0.490 e. The minimum atomic E-state index is -4.05. The molecule has 0 radical (unpaired) electrons. The number of hydrogen-bond acceptors (Lipinski definition) is 7. The Morgan fingerprint density at radius 1 is 0.796 bits per heavy atom. The molecule has 2 aliphatic heterocycles. The van der Waals surface area contributed by atoms with Crippen LogP contribution < -0.4 is 14.8 Å². The van der Waals surface area contributed by atoms with Crippen LogP contribution in [-0.4, -0.2) is 79.2 Å². The maximum atomic E-state index is 14.3. The van der Waals surface area contributed by atoms with Gasteiger partial charge in [0.25, 0.3) is 0 Å². The molecule has 1 aliphatic carbocycles. The Kier molecular flexibility index (Phi) is 10.6. The zero-order chi connectivity index (χ0) is 34.8. The highest BCUT2D eigenvalue weighted by molar-refractivity contribution is 7.89. The number of sulfonamides is 1. The number of nitrogens with one attached hydrogen (secondary N) is 1. The molecular formula is C37H46ClN3O7S. The third-order valence-electron chi connectivity index (χ3n) is 9.43. The molecule has 49 heavy (non-hydrogen) atoms. The number of alkyl carbamates (subject to hydrolysis) is 1. The molecule has 1 N–H and O–H groups in total. The fourth-order valence-electron chi connectivity index (χ4n) is 6.93. The van der Waals surface area contributed by atoms with Crippen LogP contribution in [0.3, 0.4) is 0 Å². The van der Waals surface area contributed by atoms with E-state index in [1.807, 2.05) is 39.0 Å². The standard InChI is InChI=1S/C37H46ClN3O7S/c1-37(2,3)48-36(43)39-28-16-19-40(20-17-28)35(42)34-24-32(47-30-13-10-27(38)11-14-30)18-21-41(34)49(44,45)33-15-9-25-22-31(12-8-26(25)23-33)46-29-6-4-5-7-29/h8-15,22-23,28-29,32,34H,4-7,16-21,24H2,1-3H3,(H,39,43)/t32-,34-/m0/s1. The summed E-state index contributed by atoms with van der Waals surface area (Å²) in [7, 11) is -4.05. The van der Waals surface area contributed by atoms with E-state index in [9.17, 15) is 18.0 Å². The molecule has 3 fully saturated rings. The van der Waals surface area contributed by atoms with Crippen molar-refractivity contribution in [3.05, 3.63) is 65.7 Å². The fraction of sp³-hybridized carbons (Fsp3) is 0.514. The van der Waals surface area contributed by atoms with E-state index >= 15 is 0 Å². The highest BCUT2D eigenvalue weighted by Crippen LogP contribution is 2.33. The van der Waals surface area contributed by atoms with Crippen LogP contribution in [0.25, 0.3) is 10.8 Å². The smallest absolute Gasteiger partial charge is 0.407 e. The predicted octanol–water partition coefficient (Wildman–Crippen LogP) is 6.93. The normalized spacial score (nSPS) is 21.4. The van der Waals surface area contributed by atoms with E-state index in [2.05, 4.69) is 5.32 Å². The molecule has 1 saturated carbocycles. The van der Waals surface area contributed by atoms with Gasteiger partial charge in [0.15, 0.2) is 0 Å². The summed E-state index contributed by atoms with van der Waals surface area (Å²) in [6.07, 6.45) is 5.52. The number of nitrogens with zero attached hydrogens (tertiary/aromatic N) is 2. The first-order chi connectivity index (χ1) is 23.3. The van der Waals surface area contributed by atoms with Crippen LogP contribution in [0.4, 0.5) is 4.79 Å². The van der Waals surface area contributed by atoms with Crippen LogP contribution in [-0.2, 0) is 19.6 Å². The zero-order valence-electron chi connectivity index (χ0n) is 28.4. The lowest BCUT2D eigenvalue weighted by Crippen LogP contribution is -2.58. The Labute approximate surface area is 294 Å². The Bertz CT molecular complexity index is 1750. The molecule has 0 aromatic heterocycles. The molecule has 0 unspecified atom stereocenters. The van der Waals surface area contributed by atoms with Crippen LogP contribution in [0, 0.1) is 0 Å². The summed E-state index contributed by atoms with van der Waals surface area (Å²) in [5.74, 6) is 1.13. The lowest BCUT2D eigenvalue weighted by Gasteiger charge is -2.41. The van der Waals surface area contributed by atoms with Gasteiger partial charge in [-0.3, -0.25) is 4.79 Å². The number of likely N-dealkylation sites (tertiary alicyclic amines) is 1. The van der Waals surface area contributed by atoms with Gasteiger partial charge in [0.2, 0.25) is 15.9 Å². The molecule has 2 atom stereocenters. The molecule has 0 bridgehead atoms. The summed E-state index contributed by atoms with van der Waals surface area (Å²) in [5, 5.41) is 5.15. The molecular weight excluding hydrogens is 666 g/mol. The number of carbonyl (C=O) groups excluding carboxylic acids is 2. The average Bonchev–Trinajstić information content (AvgIpc) is 3.57. The third-order valence-corrected chi connectivity index (χ3v) is 11.6. The van der Waals surface area contributed by atoms with Crippen LogP contribution in [0.5, 0.6) is 11.5 Å². The summed E-state index contributed by atoms with van der Waals surface area (Å²) in [6.45, 7) is 6.31. The molecule has 3 aliphatic rings. The Morgan fingerprint density at radius 3 is 2.12 bits per heavy atom. The second-order valence-corrected chi connectivity index (χ2v) is 16.6. The maximum Gasteiger partial charge on any atom is 0.407 e. The van der Waals surface area contributed by atoms with Gasteiger partial charge in [-0.15, -0.1) is 0 Å². The van der Waals surface area contributed by atoms with E-state index < -0.39 is 27.8 Å². The van der Waals surface area contributed by atoms with E-state index in [0.717, 1.165) is 29.4 Å². The number of amides is 2. The van der Waals surface area contributed by atoms with Crippen molar-refractivity contribution in [3.8, 4) is 11.5 Å². The number of piperidine rings is 2. The number of halogens is 1. The molecule has 0 spiro atoms. The van der Waals surface area contributed by atoms with Crippen molar-refractivity contribution in [1.29, 1.82) is 0 Å². The maximum absolute atomic E-state index is 14.3.